The number of hydrogen-bond acceptors (Lipinski definition) is 5. The number of carbonyl (C=O) groups is 2. The van der Waals surface area contributed by atoms with E-state index in [1.807, 2.05) is 23.1 Å². The summed E-state index contributed by atoms with van der Waals surface area (Å²) in [7, 11) is 0. The van der Waals surface area contributed by atoms with Crippen molar-refractivity contribution in [3.63, 3.8) is 0 Å². The second-order valence-electron chi connectivity index (χ2n) is 8.12. The van der Waals surface area contributed by atoms with Crippen LogP contribution in [0.4, 0.5) is 17.1 Å². The number of nitrogens with one attached hydrogen (secondary N) is 1. The van der Waals surface area contributed by atoms with Gasteiger partial charge in [-0.3, -0.25) is 24.6 Å². The molecule has 0 spiro atoms. The molecule has 0 aromatic heterocycles. The molecule has 166 valence electrons. The summed E-state index contributed by atoms with van der Waals surface area (Å²) >= 11 is 1.59. The highest BCUT2D eigenvalue weighted by atomic mass is 32.2. The standard InChI is InChI=1S/C25H21N3O4S/c29-23-15-33-25(27(23)21-12-9-16-3-1-4-18(16)13-21)17-7-10-20(11-8-17)26-24(30)19-5-2-6-22(14-19)28(31)32/h2,5-14,25H,1,3-4,15H2,(H,26,30)/t25-/m1/s1. The Hall–Kier alpha value is -3.65. The molecule has 2 aliphatic rings. The number of amides is 2. The van der Waals surface area contributed by atoms with Crippen molar-refractivity contribution in [1.29, 1.82) is 0 Å². The molecule has 1 saturated heterocycles. The van der Waals surface area contributed by atoms with Gasteiger partial charge in [-0.25, -0.2) is 0 Å². The third-order valence-electron chi connectivity index (χ3n) is 6.00. The van der Waals surface area contributed by atoms with Crippen molar-refractivity contribution in [3.05, 3.63) is 99.1 Å². The van der Waals surface area contributed by atoms with Gasteiger partial charge in [-0.1, -0.05) is 24.3 Å². The van der Waals surface area contributed by atoms with Crippen LogP contribution in [0.3, 0.4) is 0 Å². The Morgan fingerprint density at radius 2 is 1.82 bits per heavy atom. The zero-order chi connectivity index (χ0) is 22.9. The fourth-order valence-electron chi connectivity index (χ4n) is 4.35. The van der Waals surface area contributed by atoms with Crippen molar-refractivity contribution in [3.8, 4) is 0 Å². The average molecular weight is 460 g/mol. The van der Waals surface area contributed by atoms with Crippen molar-refractivity contribution < 1.29 is 14.5 Å². The lowest BCUT2D eigenvalue weighted by Gasteiger charge is -2.25. The van der Waals surface area contributed by atoms with Crippen LogP contribution in [0.25, 0.3) is 0 Å². The number of anilines is 2. The number of thioether (sulfide) groups is 1. The maximum Gasteiger partial charge on any atom is 0.270 e. The fraction of sp³-hybridized carbons (Fsp3) is 0.200. The average Bonchev–Trinajstić information content (AvgIpc) is 3.45. The molecule has 1 atom stereocenters. The lowest BCUT2D eigenvalue weighted by atomic mass is 10.1. The Balaban J connectivity index is 1.33. The Morgan fingerprint density at radius 1 is 1.03 bits per heavy atom. The quantitative estimate of drug-likeness (QED) is 0.423. The fourth-order valence-corrected chi connectivity index (χ4v) is 5.53. The molecule has 0 radical (unpaired) electrons. The van der Waals surface area contributed by atoms with E-state index >= 15 is 0 Å². The molecule has 3 aromatic carbocycles. The normalized spacial score (nSPS) is 17.2. The van der Waals surface area contributed by atoms with Gasteiger partial charge in [-0.15, -0.1) is 11.8 Å². The van der Waals surface area contributed by atoms with E-state index in [1.165, 1.54) is 35.4 Å². The van der Waals surface area contributed by atoms with Gasteiger partial charge in [-0.05, 0) is 66.3 Å². The lowest BCUT2D eigenvalue weighted by molar-refractivity contribution is -0.384. The second-order valence-corrected chi connectivity index (χ2v) is 9.19. The molecular formula is C25H21N3O4S. The van der Waals surface area contributed by atoms with E-state index in [2.05, 4.69) is 17.4 Å². The zero-order valence-corrected chi connectivity index (χ0v) is 18.5. The number of non-ortho nitro benzene ring substituents is 1. The molecule has 5 rings (SSSR count). The maximum absolute atomic E-state index is 12.7. The molecule has 1 heterocycles. The number of carbonyl (C=O) groups excluding carboxylic acids is 2. The molecule has 1 fully saturated rings. The highest BCUT2D eigenvalue weighted by molar-refractivity contribution is 8.00. The molecule has 1 aliphatic heterocycles. The summed E-state index contributed by atoms with van der Waals surface area (Å²) in [6, 6.07) is 19.3. The number of nitrogens with zero attached hydrogens (tertiary/aromatic N) is 2. The minimum absolute atomic E-state index is 0.0889. The molecule has 33 heavy (non-hydrogen) atoms. The van der Waals surface area contributed by atoms with Gasteiger partial charge in [0.15, 0.2) is 0 Å². The highest BCUT2D eigenvalue weighted by Crippen LogP contribution is 2.43. The van der Waals surface area contributed by atoms with Crippen LogP contribution < -0.4 is 10.2 Å². The zero-order valence-electron chi connectivity index (χ0n) is 17.7. The molecule has 0 bridgehead atoms. The molecule has 1 aliphatic carbocycles. The number of hydrogen-bond donors (Lipinski definition) is 1. The molecule has 1 N–H and O–H groups in total. The van der Waals surface area contributed by atoms with Gasteiger partial charge in [0, 0.05) is 29.1 Å². The van der Waals surface area contributed by atoms with E-state index in [9.17, 15) is 19.7 Å². The summed E-state index contributed by atoms with van der Waals surface area (Å²) in [5.74, 6) is 0.0927. The van der Waals surface area contributed by atoms with E-state index in [4.69, 9.17) is 0 Å². The van der Waals surface area contributed by atoms with Crippen LogP contribution in [-0.2, 0) is 17.6 Å². The topological polar surface area (TPSA) is 92.6 Å². The van der Waals surface area contributed by atoms with Crippen LogP contribution in [0, 0.1) is 10.1 Å². The van der Waals surface area contributed by atoms with Gasteiger partial charge in [0.25, 0.3) is 11.6 Å². The first kappa shape index (κ1) is 21.2. The van der Waals surface area contributed by atoms with Gasteiger partial charge in [0.2, 0.25) is 5.91 Å². The van der Waals surface area contributed by atoms with Gasteiger partial charge in [0.1, 0.15) is 5.37 Å². The van der Waals surface area contributed by atoms with E-state index in [-0.39, 0.29) is 22.5 Å². The summed E-state index contributed by atoms with van der Waals surface area (Å²) in [5.41, 5.74) is 5.27. The Morgan fingerprint density at radius 3 is 2.61 bits per heavy atom. The van der Waals surface area contributed by atoms with Gasteiger partial charge in [0.05, 0.1) is 10.7 Å². The van der Waals surface area contributed by atoms with Crippen LogP contribution in [0.2, 0.25) is 0 Å². The number of fused-ring (bicyclic) bond motifs is 1. The smallest absolute Gasteiger partial charge is 0.270 e. The van der Waals surface area contributed by atoms with Crippen LogP contribution in [0.5, 0.6) is 0 Å². The first-order valence-electron chi connectivity index (χ1n) is 10.7. The monoisotopic (exact) mass is 459 g/mol. The minimum Gasteiger partial charge on any atom is -0.322 e. The first-order chi connectivity index (χ1) is 16.0. The molecule has 0 unspecified atom stereocenters. The van der Waals surface area contributed by atoms with Crippen LogP contribution in [-0.4, -0.2) is 22.5 Å². The van der Waals surface area contributed by atoms with Crippen molar-refractivity contribution >= 4 is 40.6 Å². The number of benzene rings is 3. The largest absolute Gasteiger partial charge is 0.322 e. The maximum atomic E-state index is 12.7. The molecular weight excluding hydrogens is 438 g/mol. The number of nitro benzene ring substituents is 1. The van der Waals surface area contributed by atoms with Crippen LogP contribution in [0.1, 0.15) is 38.8 Å². The van der Waals surface area contributed by atoms with Crippen molar-refractivity contribution in [1.82, 2.24) is 0 Å². The third-order valence-corrected chi connectivity index (χ3v) is 7.21. The van der Waals surface area contributed by atoms with Gasteiger partial charge >= 0.3 is 0 Å². The molecule has 7 nitrogen and oxygen atoms in total. The molecule has 0 saturated carbocycles. The summed E-state index contributed by atoms with van der Waals surface area (Å²) in [4.78, 5) is 37.5. The van der Waals surface area contributed by atoms with Crippen molar-refractivity contribution in [2.75, 3.05) is 16.0 Å². The summed E-state index contributed by atoms with van der Waals surface area (Å²) in [5, 5.41) is 13.6. The van der Waals surface area contributed by atoms with Crippen LogP contribution in [0.15, 0.2) is 66.7 Å². The minimum atomic E-state index is -0.529. The number of nitro groups is 1. The number of aryl methyl sites for hydroxylation is 2. The highest BCUT2D eigenvalue weighted by Gasteiger charge is 2.34. The predicted octanol–water partition coefficient (Wildman–Crippen LogP) is 5.11. The lowest BCUT2D eigenvalue weighted by Crippen LogP contribution is -2.27. The SMILES string of the molecule is O=C(Nc1ccc([C@H]2SCC(=O)N2c2ccc3c(c2)CCC3)cc1)c1cccc([N+](=O)[O-])c1. The van der Waals surface area contributed by atoms with Crippen molar-refractivity contribution in [2.45, 2.75) is 24.6 Å². The molecule has 2 amide bonds. The number of rotatable bonds is 5. The third kappa shape index (κ3) is 4.21. The molecule has 3 aromatic rings. The van der Waals surface area contributed by atoms with E-state index < -0.39 is 10.8 Å². The van der Waals surface area contributed by atoms with E-state index in [0.29, 0.717) is 11.4 Å². The summed E-state index contributed by atoms with van der Waals surface area (Å²) in [6.45, 7) is 0. The molecule has 8 heteroatoms. The Kier molecular flexibility index (Phi) is 5.60. The summed E-state index contributed by atoms with van der Waals surface area (Å²) < 4.78 is 0. The Bertz CT molecular complexity index is 1260. The van der Waals surface area contributed by atoms with Gasteiger partial charge < -0.3 is 5.32 Å². The van der Waals surface area contributed by atoms with Crippen LogP contribution >= 0.6 is 11.8 Å². The Labute approximate surface area is 194 Å². The first-order valence-corrected chi connectivity index (χ1v) is 11.8. The van der Waals surface area contributed by atoms with E-state index in [0.717, 1.165) is 30.5 Å². The van der Waals surface area contributed by atoms with E-state index in [1.54, 1.807) is 23.9 Å². The second kappa shape index (κ2) is 8.71. The summed E-state index contributed by atoms with van der Waals surface area (Å²) in [6.07, 6.45) is 3.32. The van der Waals surface area contributed by atoms with Gasteiger partial charge in [-0.2, -0.15) is 0 Å². The predicted molar refractivity (Wildman–Crippen MR) is 129 cm³/mol. The van der Waals surface area contributed by atoms with Crippen molar-refractivity contribution in [2.24, 2.45) is 0 Å².